The van der Waals surface area contributed by atoms with Gasteiger partial charge in [-0.3, -0.25) is 9.80 Å². The van der Waals surface area contributed by atoms with Crippen LogP contribution in [-0.2, 0) is 0 Å². The van der Waals surface area contributed by atoms with Gasteiger partial charge in [0.05, 0.1) is 0 Å². The molecule has 2 unspecified atom stereocenters. The van der Waals surface area contributed by atoms with Gasteiger partial charge in [0.2, 0.25) is 0 Å². The lowest BCUT2D eigenvalue weighted by molar-refractivity contribution is 0.0128. The Balaban J connectivity index is 1.58. The molecule has 2 bridgehead atoms. The maximum atomic E-state index is 13.2. The molecule has 0 amide bonds. The molecule has 3 nitrogen and oxygen atoms in total. The first-order chi connectivity index (χ1) is 9.61. The van der Waals surface area contributed by atoms with E-state index in [4.69, 9.17) is 0 Å². The summed E-state index contributed by atoms with van der Waals surface area (Å²) < 4.78 is 26.4. The second-order valence-electron chi connectivity index (χ2n) is 5.82. The van der Waals surface area contributed by atoms with Crippen LogP contribution >= 0.6 is 0 Å². The minimum atomic E-state index is -0.514. The van der Waals surface area contributed by atoms with Gasteiger partial charge in [-0.2, -0.15) is 0 Å². The van der Waals surface area contributed by atoms with Crippen LogP contribution in [0.4, 0.5) is 8.78 Å². The summed E-state index contributed by atoms with van der Waals surface area (Å²) in [6.07, 6.45) is 0. The van der Waals surface area contributed by atoms with E-state index in [0.29, 0.717) is 11.6 Å². The zero-order valence-corrected chi connectivity index (χ0v) is 11.8. The average molecular weight is 281 g/mol. The summed E-state index contributed by atoms with van der Waals surface area (Å²) in [7, 11) is 0. The van der Waals surface area contributed by atoms with Crippen LogP contribution in [0.5, 0.6) is 0 Å². The largest absolute Gasteiger partial charge is 0.309 e. The molecular formula is C15H21F2N3. The van der Waals surface area contributed by atoms with E-state index in [1.54, 1.807) is 0 Å². The number of benzene rings is 1. The molecule has 3 saturated heterocycles. The minimum Gasteiger partial charge on any atom is -0.309 e. The van der Waals surface area contributed by atoms with Crippen molar-refractivity contribution in [3.8, 4) is 0 Å². The summed E-state index contributed by atoms with van der Waals surface area (Å²) in [5.74, 6) is -1.03. The maximum absolute atomic E-state index is 13.2. The second kappa shape index (κ2) is 5.76. The van der Waals surface area contributed by atoms with Crippen molar-refractivity contribution in [2.75, 3.05) is 39.3 Å². The van der Waals surface area contributed by atoms with Crippen LogP contribution in [0.15, 0.2) is 18.2 Å². The predicted octanol–water partition coefficient (Wildman–Crippen LogP) is 1.62. The average Bonchev–Trinajstić information content (AvgIpc) is 2.45. The van der Waals surface area contributed by atoms with Crippen molar-refractivity contribution in [2.45, 2.75) is 19.0 Å². The van der Waals surface area contributed by atoms with E-state index in [9.17, 15) is 8.78 Å². The Morgan fingerprint density at radius 1 is 1.15 bits per heavy atom. The van der Waals surface area contributed by atoms with Gasteiger partial charge in [0.1, 0.15) is 11.6 Å². The summed E-state index contributed by atoms with van der Waals surface area (Å²) >= 11 is 0. The first kappa shape index (κ1) is 13.9. The van der Waals surface area contributed by atoms with Crippen molar-refractivity contribution in [3.05, 3.63) is 35.4 Å². The Morgan fingerprint density at radius 2 is 1.80 bits per heavy atom. The number of rotatable bonds is 4. The molecule has 20 heavy (non-hydrogen) atoms. The van der Waals surface area contributed by atoms with Crippen molar-refractivity contribution < 1.29 is 8.78 Å². The molecule has 1 N–H and O–H groups in total. The van der Waals surface area contributed by atoms with Crippen LogP contribution < -0.4 is 5.32 Å². The molecule has 1 aromatic carbocycles. The van der Waals surface area contributed by atoms with Gasteiger partial charge in [-0.15, -0.1) is 0 Å². The highest BCUT2D eigenvalue weighted by Crippen LogP contribution is 2.18. The Morgan fingerprint density at radius 3 is 2.35 bits per heavy atom. The van der Waals surface area contributed by atoms with E-state index in [0.717, 1.165) is 32.2 Å². The Bertz CT molecular complexity index is 452. The molecular weight excluding hydrogens is 260 g/mol. The Hall–Kier alpha value is -1.04. The van der Waals surface area contributed by atoms with E-state index >= 15 is 0 Å². The third-order valence-electron chi connectivity index (χ3n) is 4.44. The van der Waals surface area contributed by atoms with Gasteiger partial charge in [0.25, 0.3) is 0 Å². The summed E-state index contributed by atoms with van der Waals surface area (Å²) in [5.41, 5.74) is 0.666. The number of nitrogens with one attached hydrogen (secondary N) is 1. The van der Waals surface area contributed by atoms with Crippen LogP contribution in [0.25, 0.3) is 0 Å². The van der Waals surface area contributed by atoms with E-state index in [1.807, 2.05) is 6.92 Å². The van der Waals surface area contributed by atoms with Gasteiger partial charge in [-0.05, 0) is 24.6 Å². The van der Waals surface area contributed by atoms with Crippen LogP contribution in [0.2, 0.25) is 0 Å². The predicted molar refractivity (Wildman–Crippen MR) is 74.6 cm³/mol. The molecule has 1 aromatic rings. The lowest BCUT2D eigenvalue weighted by Crippen LogP contribution is -2.63. The van der Waals surface area contributed by atoms with E-state index in [2.05, 4.69) is 15.1 Å². The molecule has 0 aliphatic carbocycles. The van der Waals surface area contributed by atoms with Gasteiger partial charge in [-0.1, -0.05) is 0 Å². The van der Waals surface area contributed by atoms with E-state index < -0.39 is 11.6 Å². The SMILES string of the molecule is CC(NCC1CN2CCN1CC2)c1cc(F)cc(F)c1. The first-order valence-electron chi connectivity index (χ1n) is 7.27. The highest BCUT2D eigenvalue weighted by molar-refractivity contribution is 5.20. The zero-order valence-electron chi connectivity index (χ0n) is 11.8. The highest BCUT2D eigenvalue weighted by atomic mass is 19.1. The molecule has 4 rings (SSSR count). The molecule has 3 fully saturated rings. The molecule has 2 atom stereocenters. The highest BCUT2D eigenvalue weighted by Gasteiger charge is 2.31. The summed E-state index contributed by atoms with van der Waals surface area (Å²) in [6.45, 7) is 8.50. The fourth-order valence-corrected chi connectivity index (χ4v) is 3.17. The monoisotopic (exact) mass is 281 g/mol. The van der Waals surface area contributed by atoms with Crippen molar-refractivity contribution in [1.29, 1.82) is 0 Å². The van der Waals surface area contributed by atoms with E-state index in [1.165, 1.54) is 25.2 Å². The summed E-state index contributed by atoms with van der Waals surface area (Å²) in [6, 6.07) is 4.18. The Labute approximate surface area is 118 Å². The summed E-state index contributed by atoms with van der Waals surface area (Å²) in [4.78, 5) is 4.99. The van der Waals surface area contributed by atoms with Gasteiger partial charge in [-0.25, -0.2) is 8.78 Å². The molecule has 0 saturated carbocycles. The summed E-state index contributed by atoms with van der Waals surface area (Å²) in [5, 5.41) is 3.41. The number of fused-ring (bicyclic) bond motifs is 3. The van der Waals surface area contributed by atoms with Crippen LogP contribution in [0.1, 0.15) is 18.5 Å². The zero-order chi connectivity index (χ0) is 14.1. The molecule has 5 heteroatoms. The van der Waals surface area contributed by atoms with Crippen molar-refractivity contribution >= 4 is 0 Å². The lowest BCUT2D eigenvalue weighted by atomic mass is 10.1. The van der Waals surface area contributed by atoms with E-state index in [-0.39, 0.29) is 6.04 Å². The third-order valence-corrected chi connectivity index (χ3v) is 4.44. The molecule has 0 radical (unpaired) electrons. The minimum absolute atomic E-state index is 0.0446. The van der Waals surface area contributed by atoms with Crippen LogP contribution in [0.3, 0.4) is 0 Å². The van der Waals surface area contributed by atoms with Gasteiger partial charge in [0.15, 0.2) is 0 Å². The molecule has 0 spiro atoms. The van der Waals surface area contributed by atoms with Crippen molar-refractivity contribution in [1.82, 2.24) is 15.1 Å². The maximum Gasteiger partial charge on any atom is 0.126 e. The molecule has 3 aliphatic heterocycles. The number of hydrogen-bond acceptors (Lipinski definition) is 3. The number of piperazine rings is 3. The number of hydrogen-bond donors (Lipinski definition) is 1. The molecule has 3 heterocycles. The quantitative estimate of drug-likeness (QED) is 0.904. The van der Waals surface area contributed by atoms with Crippen molar-refractivity contribution in [3.63, 3.8) is 0 Å². The lowest BCUT2D eigenvalue weighted by Gasteiger charge is -2.47. The van der Waals surface area contributed by atoms with Crippen LogP contribution in [-0.4, -0.2) is 55.1 Å². The van der Waals surface area contributed by atoms with Crippen molar-refractivity contribution in [2.24, 2.45) is 0 Å². The van der Waals surface area contributed by atoms with Gasteiger partial charge in [0, 0.05) is 57.4 Å². The smallest absolute Gasteiger partial charge is 0.126 e. The normalized spacial score (nSPS) is 30.4. The molecule has 110 valence electrons. The Kier molecular flexibility index (Phi) is 4.01. The van der Waals surface area contributed by atoms with Gasteiger partial charge < -0.3 is 5.32 Å². The van der Waals surface area contributed by atoms with Gasteiger partial charge >= 0.3 is 0 Å². The fourth-order valence-electron chi connectivity index (χ4n) is 3.17. The van der Waals surface area contributed by atoms with Crippen LogP contribution in [0, 0.1) is 11.6 Å². The number of nitrogens with zero attached hydrogens (tertiary/aromatic N) is 2. The molecule has 3 aliphatic rings. The standard InChI is InChI=1S/C15H21F2N3/c1-11(12-6-13(16)8-14(17)7-12)18-9-15-10-19-2-4-20(15)5-3-19/h6-8,11,15,18H,2-5,9-10H2,1H3. The number of halogens is 2. The third kappa shape index (κ3) is 3.00. The topological polar surface area (TPSA) is 18.5 Å². The molecule has 0 aromatic heterocycles. The second-order valence-corrected chi connectivity index (χ2v) is 5.82. The fraction of sp³-hybridized carbons (Fsp3) is 0.600. The first-order valence-corrected chi connectivity index (χ1v) is 7.27.